The minimum atomic E-state index is 0.630. The summed E-state index contributed by atoms with van der Waals surface area (Å²) in [5, 5.41) is 12.0. The Balaban J connectivity index is 1.85. The molecule has 104 valence electrons. The molecular weight excluding hydrogens is 274 g/mol. The lowest BCUT2D eigenvalue weighted by molar-refractivity contribution is 0.530. The van der Waals surface area contributed by atoms with Crippen LogP contribution in [0.3, 0.4) is 0 Å². The third-order valence-corrected chi connectivity index (χ3v) is 3.75. The molecule has 0 saturated heterocycles. The zero-order valence-corrected chi connectivity index (χ0v) is 11.9. The molecule has 6 nitrogen and oxygen atoms in total. The second kappa shape index (κ2) is 5.96. The van der Waals surface area contributed by atoms with Crippen molar-refractivity contribution in [3.8, 4) is 0 Å². The topological polar surface area (TPSA) is 79.6 Å². The van der Waals surface area contributed by atoms with Gasteiger partial charge in [0.25, 0.3) is 0 Å². The number of furan rings is 1. The van der Waals surface area contributed by atoms with Gasteiger partial charge in [-0.3, -0.25) is 5.10 Å². The summed E-state index contributed by atoms with van der Waals surface area (Å²) in [4.78, 5) is 8.95. The van der Waals surface area contributed by atoms with Gasteiger partial charge < -0.3 is 9.73 Å². The smallest absolute Gasteiger partial charge is 0.225 e. The molecule has 0 fully saturated rings. The third-order valence-electron chi connectivity index (χ3n) is 2.74. The van der Waals surface area contributed by atoms with E-state index in [4.69, 9.17) is 4.42 Å². The van der Waals surface area contributed by atoms with Gasteiger partial charge in [-0.2, -0.15) is 10.1 Å². The summed E-state index contributed by atoms with van der Waals surface area (Å²) in [5.74, 6) is 2.29. The van der Waals surface area contributed by atoms with Gasteiger partial charge in [-0.25, -0.2) is 4.98 Å². The Morgan fingerprint density at radius 2 is 2.35 bits per heavy atom. The van der Waals surface area contributed by atoms with Crippen molar-refractivity contribution in [2.45, 2.75) is 24.1 Å². The van der Waals surface area contributed by atoms with Crippen molar-refractivity contribution in [1.82, 2.24) is 20.2 Å². The third kappa shape index (κ3) is 2.77. The van der Waals surface area contributed by atoms with Crippen molar-refractivity contribution < 1.29 is 4.42 Å². The monoisotopic (exact) mass is 289 g/mol. The minimum Gasteiger partial charge on any atom is -0.468 e. The highest BCUT2D eigenvalue weighted by Crippen LogP contribution is 2.28. The van der Waals surface area contributed by atoms with E-state index in [2.05, 4.69) is 32.4 Å². The lowest BCUT2D eigenvalue weighted by atomic mass is 10.4. The number of thioether (sulfide) groups is 1. The summed E-state index contributed by atoms with van der Waals surface area (Å²) in [7, 11) is 0. The number of fused-ring (bicyclic) bond motifs is 1. The molecule has 3 aromatic heterocycles. The Labute approximate surface area is 120 Å². The molecule has 0 unspecified atom stereocenters. The Kier molecular flexibility index (Phi) is 3.87. The lowest BCUT2D eigenvalue weighted by Crippen LogP contribution is -2.05. The highest BCUT2D eigenvalue weighted by atomic mass is 32.2. The normalized spacial score (nSPS) is 11.1. The fourth-order valence-electron chi connectivity index (χ4n) is 1.77. The highest BCUT2D eigenvalue weighted by molar-refractivity contribution is 7.98. The van der Waals surface area contributed by atoms with E-state index in [9.17, 15) is 0 Å². The number of H-pyrrole nitrogens is 1. The first-order valence-electron chi connectivity index (χ1n) is 6.47. The molecule has 3 heterocycles. The number of aromatic amines is 1. The van der Waals surface area contributed by atoms with Crippen molar-refractivity contribution in [2.75, 3.05) is 11.9 Å². The van der Waals surface area contributed by atoms with Gasteiger partial charge in [-0.05, 0) is 18.6 Å². The first-order chi connectivity index (χ1) is 9.86. The summed E-state index contributed by atoms with van der Waals surface area (Å²) in [6, 6.07) is 3.84. The zero-order valence-electron chi connectivity index (χ0n) is 11.1. The maximum absolute atomic E-state index is 5.34. The van der Waals surface area contributed by atoms with E-state index < -0.39 is 0 Å². The molecule has 20 heavy (non-hydrogen) atoms. The number of hydrogen-bond acceptors (Lipinski definition) is 6. The van der Waals surface area contributed by atoms with Gasteiger partial charge in [0, 0.05) is 6.54 Å². The van der Waals surface area contributed by atoms with E-state index in [0.29, 0.717) is 5.95 Å². The van der Waals surface area contributed by atoms with Gasteiger partial charge in [-0.15, -0.1) is 0 Å². The van der Waals surface area contributed by atoms with E-state index in [1.54, 1.807) is 24.2 Å². The largest absolute Gasteiger partial charge is 0.468 e. The van der Waals surface area contributed by atoms with E-state index in [1.165, 1.54) is 0 Å². The molecule has 0 bridgehead atoms. The van der Waals surface area contributed by atoms with Crippen LogP contribution < -0.4 is 5.32 Å². The number of rotatable bonds is 6. The summed E-state index contributed by atoms with van der Waals surface area (Å²) < 4.78 is 5.34. The molecule has 0 amide bonds. The number of anilines is 1. The van der Waals surface area contributed by atoms with Crippen LogP contribution in [0.2, 0.25) is 0 Å². The van der Waals surface area contributed by atoms with E-state index in [0.717, 1.165) is 40.5 Å². The molecule has 2 N–H and O–H groups in total. The van der Waals surface area contributed by atoms with Crippen molar-refractivity contribution in [3.05, 3.63) is 30.4 Å². The molecule has 7 heteroatoms. The van der Waals surface area contributed by atoms with Gasteiger partial charge in [0.1, 0.15) is 10.8 Å². The standard InChI is InChI=1S/C13H15N5OS/c1-2-5-14-13-16-11-10(7-15-18-11)12(17-13)20-8-9-4-3-6-19-9/h3-4,6-7H,2,5,8H2,1H3,(H2,14,15,16,17,18). The van der Waals surface area contributed by atoms with Crippen molar-refractivity contribution in [1.29, 1.82) is 0 Å². The molecule has 3 rings (SSSR count). The second-order valence-electron chi connectivity index (χ2n) is 4.28. The molecule has 0 aliphatic carbocycles. The molecule has 0 aromatic carbocycles. The van der Waals surface area contributed by atoms with Crippen LogP contribution in [0.1, 0.15) is 19.1 Å². The van der Waals surface area contributed by atoms with Crippen LogP contribution in [0.15, 0.2) is 34.0 Å². The van der Waals surface area contributed by atoms with Gasteiger partial charge in [-0.1, -0.05) is 18.7 Å². The molecule has 3 aromatic rings. The Hall–Kier alpha value is -2.02. The minimum absolute atomic E-state index is 0.630. The van der Waals surface area contributed by atoms with E-state index >= 15 is 0 Å². The SMILES string of the molecule is CCCNc1nc(SCc2ccco2)c2cn[nH]c2n1. The van der Waals surface area contributed by atoms with Crippen LogP contribution in [0.5, 0.6) is 0 Å². The number of nitrogens with one attached hydrogen (secondary N) is 2. The summed E-state index contributed by atoms with van der Waals surface area (Å²) >= 11 is 1.62. The molecule has 0 spiro atoms. The first-order valence-corrected chi connectivity index (χ1v) is 7.45. The predicted octanol–water partition coefficient (Wildman–Crippen LogP) is 3.06. The van der Waals surface area contributed by atoms with E-state index in [-0.39, 0.29) is 0 Å². The number of hydrogen-bond donors (Lipinski definition) is 2. The highest BCUT2D eigenvalue weighted by Gasteiger charge is 2.10. The average molecular weight is 289 g/mol. The quantitative estimate of drug-likeness (QED) is 0.536. The van der Waals surface area contributed by atoms with Crippen LogP contribution in [0.25, 0.3) is 11.0 Å². The second-order valence-corrected chi connectivity index (χ2v) is 5.24. The lowest BCUT2D eigenvalue weighted by Gasteiger charge is -2.06. The van der Waals surface area contributed by atoms with Crippen LogP contribution in [0.4, 0.5) is 5.95 Å². The average Bonchev–Trinajstić information content (AvgIpc) is 3.13. The van der Waals surface area contributed by atoms with Gasteiger partial charge in [0.15, 0.2) is 5.65 Å². The molecule has 0 aliphatic heterocycles. The number of aromatic nitrogens is 4. The first kappa shape index (κ1) is 13.0. The Morgan fingerprint density at radius 1 is 1.40 bits per heavy atom. The Morgan fingerprint density at radius 3 is 3.15 bits per heavy atom. The van der Waals surface area contributed by atoms with Crippen LogP contribution in [-0.2, 0) is 5.75 Å². The summed E-state index contributed by atoms with van der Waals surface area (Å²) in [6.45, 7) is 2.95. The van der Waals surface area contributed by atoms with Crippen LogP contribution in [0, 0.1) is 0 Å². The fourth-order valence-corrected chi connectivity index (χ4v) is 2.67. The van der Waals surface area contributed by atoms with Crippen LogP contribution >= 0.6 is 11.8 Å². The van der Waals surface area contributed by atoms with Crippen molar-refractivity contribution >= 4 is 28.7 Å². The number of nitrogens with zero attached hydrogens (tertiary/aromatic N) is 3. The summed E-state index contributed by atoms with van der Waals surface area (Å²) in [5.41, 5.74) is 0.751. The van der Waals surface area contributed by atoms with Gasteiger partial charge in [0.05, 0.1) is 23.6 Å². The maximum Gasteiger partial charge on any atom is 0.225 e. The molecule has 0 radical (unpaired) electrons. The zero-order chi connectivity index (χ0) is 13.8. The van der Waals surface area contributed by atoms with Gasteiger partial charge in [0.2, 0.25) is 5.95 Å². The molecular formula is C13H15N5OS. The van der Waals surface area contributed by atoms with Crippen molar-refractivity contribution in [2.24, 2.45) is 0 Å². The summed E-state index contributed by atoms with van der Waals surface area (Å²) in [6.07, 6.45) is 4.46. The fraction of sp³-hybridized carbons (Fsp3) is 0.308. The molecule has 0 atom stereocenters. The molecule has 0 aliphatic rings. The van der Waals surface area contributed by atoms with Crippen molar-refractivity contribution in [3.63, 3.8) is 0 Å². The Bertz CT molecular complexity index is 679. The predicted molar refractivity (Wildman–Crippen MR) is 78.7 cm³/mol. The maximum atomic E-state index is 5.34. The molecule has 0 saturated carbocycles. The van der Waals surface area contributed by atoms with E-state index in [1.807, 2.05) is 12.1 Å². The van der Waals surface area contributed by atoms with Crippen LogP contribution in [-0.4, -0.2) is 26.7 Å². The van der Waals surface area contributed by atoms with Gasteiger partial charge >= 0.3 is 0 Å².